The molecule has 0 saturated carbocycles. The third-order valence-corrected chi connectivity index (χ3v) is 6.95. The number of hydrogen-bond acceptors (Lipinski definition) is 5. The lowest BCUT2D eigenvalue weighted by Crippen LogP contribution is -2.34. The fraction of sp³-hybridized carbons (Fsp3) is 0.615. The molecule has 1 unspecified atom stereocenters. The van der Waals surface area contributed by atoms with Crippen molar-refractivity contribution in [3.05, 3.63) is 39.4 Å². The van der Waals surface area contributed by atoms with Crippen LogP contribution in [-0.2, 0) is 16.0 Å². The van der Waals surface area contributed by atoms with Gasteiger partial charge in [-0.15, -0.1) is 0 Å². The minimum absolute atomic E-state index is 0.0118. The summed E-state index contributed by atoms with van der Waals surface area (Å²) >= 11 is 1.29. The minimum Gasteiger partial charge on any atom is -0.493 e. The molecular weight excluding hydrogens is 408 g/mol. The summed E-state index contributed by atoms with van der Waals surface area (Å²) < 4.78 is 12.5. The maximum absolute atomic E-state index is 12.5. The van der Waals surface area contributed by atoms with Gasteiger partial charge in [0.2, 0.25) is 4.74 Å². The second-order valence-corrected chi connectivity index (χ2v) is 10.4. The molecule has 1 heterocycles. The number of hydrogen-bond donors (Lipinski definition) is 0. The molecule has 0 N–H and O–H groups in total. The van der Waals surface area contributed by atoms with Crippen molar-refractivity contribution in [2.75, 3.05) is 13.2 Å². The zero-order valence-electron chi connectivity index (χ0n) is 20.0. The van der Waals surface area contributed by atoms with Gasteiger partial charge in [0.1, 0.15) is 5.75 Å². The van der Waals surface area contributed by atoms with Crippen molar-refractivity contribution in [1.29, 1.82) is 0 Å². The molecule has 0 spiro atoms. The van der Waals surface area contributed by atoms with Crippen molar-refractivity contribution in [1.82, 2.24) is 0 Å². The standard InChI is InChI=1S/C26H38O4S/c1-7-11-20-12-10-13-21-22(17-23(27)31-24(20)21)29-14-8-9-15-30-25(28)26(5,6)19(4)16-18(2)3/h10,12-13,17-19H,7-9,11,14-16H2,1-6H3. The number of unbranched alkanes of at least 4 members (excludes halogenated alkanes) is 1. The first-order chi connectivity index (χ1) is 14.7. The third-order valence-electron chi connectivity index (χ3n) is 5.95. The lowest BCUT2D eigenvalue weighted by atomic mass is 9.76. The average molecular weight is 447 g/mol. The molecule has 1 atom stereocenters. The van der Waals surface area contributed by atoms with E-state index >= 15 is 0 Å². The number of carbonyl (C=O) groups excluding carboxylic acids is 1. The number of benzene rings is 1. The highest BCUT2D eigenvalue weighted by Gasteiger charge is 2.35. The molecule has 0 amide bonds. The van der Waals surface area contributed by atoms with Gasteiger partial charge in [-0.2, -0.15) is 0 Å². The number of rotatable bonds is 12. The molecule has 2 aromatic rings. The van der Waals surface area contributed by atoms with E-state index in [0.717, 1.165) is 42.2 Å². The first-order valence-corrected chi connectivity index (χ1v) is 12.3. The van der Waals surface area contributed by atoms with Crippen molar-refractivity contribution in [3.8, 4) is 5.75 Å². The molecule has 0 radical (unpaired) electrons. The van der Waals surface area contributed by atoms with Crippen LogP contribution in [0.15, 0.2) is 29.1 Å². The maximum atomic E-state index is 12.5. The van der Waals surface area contributed by atoms with Crippen molar-refractivity contribution >= 4 is 27.4 Å². The van der Waals surface area contributed by atoms with E-state index in [1.165, 1.54) is 16.9 Å². The van der Waals surface area contributed by atoms with Crippen LogP contribution in [0.4, 0.5) is 0 Å². The quantitative estimate of drug-likeness (QED) is 0.271. The van der Waals surface area contributed by atoms with Crippen molar-refractivity contribution in [3.63, 3.8) is 0 Å². The van der Waals surface area contributed by atoms with Crippen molar-refractivity contribution < 1.29 is 14.3 Å². The van der Waals surface area contributed by atoms with Crippen LogP contribution in [0.3, 0.4) is 0 Å². The summed E-state index contributed by atoms with van der Waals surface area (Å²) in [6.07, 6.45) is 4.49. The number of carbonyl (C=O) groups is 1. The highest BCUT2D eigenvalue weighted by Crippen LogP contribution is 2.33. The van der Waals surface area contributed by atoms with Crippen LogP contribution in [0.25, 0.3) is 10.1 Å². The van der Waals surface area contributed by atoms with E-state index in [1.807, 2.05) is 26.0 Å². The highest BCUT2D eigenvalue weighted by molar-refractivity contribution is 7.16. The summed E-state index contributed by atoms with van der Waals surface area (Å²) in [6.45, 7) is 13.4. The Balaban J connectivity index is 1.86. The predicted octanol–water partition coefficient (Wildman–Crippen LogP) is 6.62. The zero-order valence-corrected chi connectivity index (χ0v) is 20.8. The highest BCUT2D eigenvalue weighted by atomic mass is 32.1. The van der Waals surface area contributed by atoms with E-state index in [0.29, 0.717) is 24.9 Å². The zero-order chi connectivity index (χ0) is 23.0. The Kier molecular flexibility index (Phi) is 9.54. The molecule has 172 valence electrons. The fourth-order valence-corrected chi connectivity index (χ4v) is 4.69. The predicted molar refractivity (Wildman–Crippen MR) is 130 cm³/mol. The Bertz CT molecular complexity index is 913. The van der Waals surface area contributed by atoms with E-state index in [2.05, 4.69) is 33.8 Å². The van der Waals surface area contributed by atoms with Crippen LogP contribution in [0, 0.1) is 17.3 Å². The van der Waals surface area contributed by atoms with Crippen molar-refractivity contribution in [2.24, 2.45) is 17.3 Å². The Morgan fingerprint density at radius 1 is 1.13 bits per heavy atom. The van der Waals surface area contributed by atoms with Crippen LogP contribution in [-0.4, -0.2) is 19.2 Å². The Morgan fingerprint density at radius 3 is 2.52 bits per heavy atom. The molecule has 1 aromatic heterocycles. The summed E-state index contributed by atoms with van der Waals surface area (Å²) in [5.74, 6) is 1.35. The third kappa shape index (κ3) is 7.06. The fourth-order valence-electron chi connectivity index (χ4n) is 3.74. The molecule has 0 aliphatic rings. The molecule has 1 aromatic carbocycles. The molecule has 0 aliphatic heterocycles. The number of ether oxygens (including phenoxy) is 2. The Hall–Kier alpha value is -1.88. The Labute approximate surface area is 191 Å². The monoisotopic (exact) mass is 446 g/mol. The lowest BCUT2D eigenvalue weighted by Gasteiger charge is -2.30. The topological polar surface area (TPSA) is 52.6 Å². The summed E-state index contributed by atoms with van der Waals surface area (Å²) in [5.41, 5.74) is 0.722. The largest absolute Gasteiger partial charge is 0.493 e. The summed E-state index contributed by atoms with van der Waals surface area (Å²) in [7, 11) is 0. The van der Waals surface area contributed by atoms with Crippen LogP contribution in [0.5, 0.6) is 5.75 Å². The molecule has 31 heavy (non-hydrogen) atoms. The number of fused-ring (bicyclic) bond motifs is 1. The van der Waals surface area contributed by atoms with Gasteiger partial charge in [-0.25, -0.2) is 0 Å². The molecule has 5 heteroatoms. The van der Waals surface area contributed by atoms with Crippen molar-refractivity contribution in [2.45, 2.75) is 73.6 Å². The minimum atomic E-state index is -0.481. The van der Waals surface area contributed by atoms with Gasteiger partial charge in [0.25, 0.3) is 0 Å². The first kappa shape index (κ1) is 25.4. The van der Waals surface area contributed by atoms with Gasteiger partial charge in [-0.1, -0.05) is 57.6 Å². The van der Waals surface area contributed by atoms with Gasteiger partial charge < -0.3 is 9.47 Å². The number of aryl methyl sites for hydroxylation is 1. The van der Waals surface area contributed by atoms with E-state index in [9.17, 15) is 9.59 Å². The normalized spacial score (nSPS) is 12.9. The molecule has 0 bridgehead atoms. The smallest absolute Gasteiger partial charge is 0.311 e. The van der Waals surface area contributed by atoms with Gasteiger partial charge in [-0.3, -0.25) is 9.59 Å². The van der Waals surface area contributed by atoms with E-state index in [4.69, 9.17) is 9.47 Å². The summed E-state index contributed by atoms with van der Waals surface area (Å²) in [4.78, 5) is 24.7. The van der Waals surface area contributed by atoms with E-state index < -0.39 is 5.41 Å². The number of esters is 1. The Morgan fingerprint density at radius 2 is 1.84 bits per heavy atom. The molecule has 0 saturated heterocycles. The average Bonchev–Trinajstić information content (AvgIpc) is 2.70. The molecule has 4 nitrogen and oxygen atoms in total. The maximum Gasteiger partial charge on any atom is 0.311 e. The van der Waals surface area contributed by atoms with Gasteiger partial charge in [0.05, 0.1) is 18.6 Å². The molecule has 2 rings (SSSR count). The van der Waals surface area contributed by atoms with E-state index in [-0.39, 0.29) is 16.6 Å². The van der Waals surface area contributed by atoms with Gasteiger partial charge >= 0.3 is 5.97 Å². The van der Waals surface area contributed by atoms with Crippen LogP contribution in [0.2, 0.25) is 0 Å². The SMILES string of the molecule is CCCc1cccc2c(OCCCCOC(=O)C(C)(C)C(C)CC(C)C)cc(=O)sc12. The summed E-state index contributed by atoms with van der Waals surface area (Å²) in [6, 6.07) is 7.71. The van der Waals surface area contributed by atoms with Crippen LogP contribution >= 0.6 is 11.3 Å². The van der Waals surface area contributed by atoms with Crippen LogP contribution in [0.1, 0.15) is 72.8 Å². The van der Waals surface area contributed by atoms with Gasteiger partial charge in [0, 0.05) is 16.2 Å². The van der Waals surface area contributed by atoms with Gasteiger partial charge in [0.15, 0.2) is 0 Å². The molecule has 0 aliphatic carbocycles. The second kappa shape index (κ2) is 11.7. The lowest BCUT2D eigenvalue weighted by molar-refractivity contribution is -0.157. The first-order valence-electron chi connectivity index (χ1n) is 11.5. The van der Waals surface area contributed by atoms with Crippen LogP contribution < -0.4 is 9.48 Å². The van der Waals surface area contributed by atoms with E-state index in [1.54, 1.807) is 6.07 Å². The van der Waals surface area contributed by atoms with Gasteiger partial charge in [-0.05, 0) is 63.0 Å². The summed E-state index contributed by atoms with van der Waals surface area (Å²) in [5, 5.41) is 1.00. The second-order valence-electron chi connectivity index (χ2n) is 9.42. The molecular formula is C26H38O4S. The molecule has 0 fully saturated rings.